The third-order valence-electron chi connectivity index (χ3n) is 4.54. The van der Waals surface area contributed by atoms with E-state index >= 15 is 0 Å². The molecule has 1 saturated heterocycles. The number of sulfonamides is 1. The molecule has 112 valence electrons. The molecule has 1 saturated carbocycles. The Balaban J connectivity index is 1.88. The lowest BCUT2D eigenvalue weighted by Crippen LogP contribution is -2.42. The lowest BCUT2D eigenvalue weighted by atomic mass is 10.0. The lowest BCUT2D eigenvalue weighted by Gasteiger charge is -2.28. The molecule has 2 rings (SSSR count). The third-order valence-corrected chi connectivity index (χ3v) is 6.56. The van der Waals surface area contributed by atoms with Crippen LogP contribution < -0.4 is 5.32 Å². The van der Waals surface area contributed by atoms with E-state index < -0.39 is 10.0 Å². The Morgan fingerprint density at radius 2 is 1.79 bits per heavy atom. The SMILES string of the molecule is CCN(C1CCCC1)S(=O)(=O)CCC1CCCCN1. The van der Waals surface area contributed by atoms with Gasteiger partial charge in [0.1, 0.15) is 0 Å². The van der Waals surface area contributed by atoms with Crippen LogP contribution in [0.4, 0.5) is 0 Å². The van der Waals surface area contributed by atoms with Gasteiger partial charge in [0.2, 0.25) is 10.0 Å². The second-order valence-corrected chi connectivity index (χ2v) is 7.93. The van der Waals surface area contributed by atoms with Crippen LogP contribution in [-0.2, 0) is 10.0 Å². The molecule has 0 aromatic heterocycles. The summed E-state index contributed by atoms with van der Waals surface area (Å²) in [5, 5.41) is 3.44. The van der Waals surface area contributed by atoms with E-state index in [0.717, 1.165) is 32.2 Å². The molecule has 2 fully saturated rings. The molecule has 1 unspecified atom stereocenters. The summed E-state index contributed by atoms with van der Waals surface area (Å²) < 4.78 is 26.7. The number of rotatable bonds is 6. The standard InChI is InChI=1S/C14H28N2O2S/c1-2-16(14-8-3-4-9-14)19(17,18)12-10-13-7-5-6-11-15-13/h13-15H,2-12H2,1H3. The van der Waals surface area contributed by atoms with E-state index in [4.69, 9.17) is 0 Å². The highest BCUT2D eigenvalue weighted by Gasteiger charge is 2.31. The molecule has 1 aliphatic heterocycles. The Bertz CT molecular complexity index is 358. The maximum atomic E-state index is 12.5. The minimum atomic E-state index is -3.06. The molecule has 5 heteroatoms. The molecule has 1 aliphatic carbocycles. The van der Waals surface area contributed by atoms with E-state index in [1.165, 1.54) is 25.7 Å². The Morgan fingerprint density at radius 3 is 2.37 bits per heavy atom. The van der Waals surface area contributed by atoms with E-state index in [9.17, 15) is 8.42 Å². The maximum absolute atomic E-state index is 12.5. The van der Waals surface area contributed by atoms with Crippen molar-refractivity contribution in [2.45, 2.75) is 70.4 Å². The zero-order valence-corrected chi connectivity index (χ0v) is 12.9. The summed E-state index contributed by atoms with van der Waals surface area (Å²) in [6.07, 6.45) is 8.83. The summed E-state index contributed by atoms with van der Waals surface area (Å²) in [5.41, 5.74) is 0. The number of hydrogen-bond acceptors (Lipinski definition) is 3. The molecule has 0 aromatic carbocycles. The molecule has 1 atom stereocenters. The van der Waals surface area contributed by atoms with Gasteiger partial charge < -0.3 is 5.32 Å². The van der Waals surface area contributed by atoms with Crippen molar-refractivity contribution in [1.29, 1.82) is 0 Å². The zero-order chi connectivity index (χ0) is 13.7. The molecule has 0 bridgehead atoms. The van der Waals surface area contributed by atoms with Crippen LogP contribution in [0.1, 0.15) is 58.3 Å². The van der Waals surface area contributed by atoms with E-state index in [-0.39, 0.29) is 6.04 Å². The quantitative estimate of drug-likeness (QED) is 0.814. The minimum Gasteiger partial charge on any atom is -0.314 e. The van der Waals surface area contributed by atoms with Gasteiger partial charge >= 0.3 is 0 Å². The van der Waals surface area contributed by atoms with Gasteiger partial charge in [0, 0.05) is 18.6 Å². The summed E-state index contributed by atoms with van der Waals surface area (Å²) in [6.45, 7) is 3.64. The van der Waals surface area contributed by atoms with Gasteiger partial charge in [-0.15, -0.1) is 0 Å². The average Bonchev–Trinajstić information content (AvgIpc) is 2.92. The molecule has 0 radical (unpaired) electrons. The molecule has 0 amide bonds. The van der Waals surface area contributed by atoms with Crippen molar-refractivity contribution in [3.63, 3.8) is 0 Å². The molecule has 0 aromatic rings. The first-order valence-corrected chi connectivity index (χ1v) is 9.47. The van der Waals surface area contributed by atoms with Gasteiger partial charge in [0.05, 0.1) is 5.75 Å². The normalized spacial score (nSPS) is 26.1. The zero-order valence-electron chi connectivity index (χ0n) is 12.1. The first-order valence-electron chi connectivity index (χ1n) is 7.86. The summed E-state index contributed by atoms with van der Waals surface area (Å²) in [7, 11) is -3.06. The molecule has 1 heterocycles. The van der Waals surface area contributed by atoms with E-state index in [0.29, 0.717) is 18.3 Å². The largest absolute Gasteiger partial charge is 0.314 e. The molecular formula is C14H28N2O2S. The van der Waals surface area contributed by atoms with Gasteiger partial charge in [-0.25, -0.2) is 8.42 Å². The van der Waals surface area contributed by atoms with Crippen LogP contribution in [0.2, 0.25) is 0 Å². The highest BCUT2D eigenvalue weighted by molar-refractivity contribution is 7.89. The van der Waals surface area contributed by atoms with Crippen LogP contribution in [0.25, 0.3) is 0 Å². The summed E-state index contributed by atoms with van der Waals surface area (Å²) in [4.78, 5) is 0. The smallest absolute Gasteiger partial charge is 0.214 e. The molecule has 2 aliphatic rings. The number of nitrogens with zero attached hydrogens (tertiary/aromatic N) is 1. The van der Waals surface area contributed by atoms with Gasteiger partial charge in [-0.2, -0.15) is 4.31 Å². The molecular weight excluding hydrogens is 260 g/mol. The highest BCUT2D eigenvalue weighted by Crippen LogP contribution is 2.26. The van der Waals surface area contributed by atoms with Gasteiger partial charge in [-0.1, -0.05) is 26.2 Å². The van der Waals surface area contributed by atoms with Crippen LogP contribution in [0.3, 0.4) is 0 Å². The van der Waals surface area contributed by atoms with E-state index in [1.807, 2.05) is 6.92 Å². The molecule has 1 N–H and O–H groups in total. The summed E-state index contributed by atoms with van der Waals surface area (Å²) in [6, 6.07) is 0.681. The maximum Gasteiger partial charge on any atom is 0.214 e. The van der Waals surface area contributed by atoms with Crippen molar-refractivity contribution in [1.82, 2.24) is 9.62 Å². The van der Waals surface area contributed by atoms with Crippen molar-refractivity contribution in [2.75, 3.05) is 18.8 Å². The van der Waals surface area contributed by atoms with Crippen molar-refractivity contribution < 1.29 is 8.42 Å². The summed E-state index contributed by atoms with van der Waals surface area (Å²) >= 11 is 0. The monoisotopic (exact) mass is 288 g/mol. The van der Waals surface area contributed by atoms with Gasteiger partial charge in [0.25, 0.3) is 0 Å². The van der Waals surface area contributed by atoms with Crippen LogP contribution in [0.5, 0.6) is 0 Å². The van der Waals surface area contributed by atoms with Crippen molar-refractivity contribution in [3.05, 3.63) is 0 Å². The fourth-order valence-electron chi connectivity index (χ4n) is 3.45. The second-order valence-electron chi connectivity index (χ2n) is 5.89. The van der Waals surface area contributed by atoms with Gasteiger partial charge in [0.15, 0.2) is 0 Å². The van der Waals surface area contributed by atoms with Crippen LogP contribution in [0.15, 0.2) is 0 Å². The van der Waals surface area contributed by atoms with E-state index in [2.05, 4.69) is 5.32 Å². The van der Waals surface area contributed by atoms with Crippen molar-refractivity contribution in [3.8, 4) is 0 Å². The predicted octanol–water partition coefficient (Wildman–Crippen LogP) is 2.11. The number of piperidine rings is 1. The van der Waals surface area contributed by atoms with Crippen LogP contribution >= 0.6 is 0 Å². The first-order chi connectivity index (χ1) is 9.13. The second kappa shape index (κ2) is 7.04. The Kier molecular flexibility index (Phi) is 5.66. The Morgan fingerprint density at radius 1 is 1.11 bits per heavy atom. The fraction of sp³-hybridized carbons (Fsp3) is 1.00. The predicted molar refractivity (Wildman–Crippen MR) is 78.7 cm³/mol. The number of hydrogen-bond donors (Lipinski definition) is 1. The van der Waals surface area contributed by atoms with Gasteiger partial charge in [-0.05, 0) is 38.6 Å². The average molecular weight is 288 g/mol. The first kappa shape index (κ1) is 15.3. The lowest BCUT2D eigenvalue weighted by molar-refractivity contribution is 0.331. The summed E-state index contributed by atoms with van der Waals surface area (Å²) in [5.74, 6) is 0.314. The van der Waals surface area contributed by atoms with Crippen LogP contribution in [-0.4, -0.2) is 43.6 Å². The topological polar surface area (TPSA) is 49.4 Å². The van der Waals surface area contributed by atoms with Crippen LogP contribution in [0, 0.1) is 0 Å². The highest BCUT2D eigenvalue weighted by atomic mass is 32.2. The Labute approximate surface area is 118 Å². The van der Waals surface area contributed by atoms with E-state index in [1.54, 1.807) is 4.31 Å². The number of nitrogens with one attached hydrogen (secondary N) is 1. The van der Waals surface area contributed by atoms with Crippen molar-refractivity contribution in [2.24, 2.45) is 0 Å². The molecule has 4 nitrogen and oxygen atoms in total. The van der Waals surface area contributed by atoms with Gasteiger partial charge in [-0.3, -0.25) is 0 Å². The Hall–Kier alpha value is -0.130. The molecule has 19 heavy (non-hydrogen) atoms. The van der Waals surface area contributed by atoms with Crippen molar-refractivity contribution >= 4 is 10.0 Å². The minimum absolute atomic E-state index is 0.273. The fourth-order valence-corrected chi connectivity index (χ4v) is 5.33. The third kappa shape index (κ3) is 4.17. The molecule has 0 spiro atoms.